The van der Waals surface area contributed by atoms with E-state index in [1.54, 1.807) is 0 Å². The van der Waals surface area contributed by atoms with E-state index in [-0.39, 0.29) is 6.04 Å². The monoisotopic (exact) mass is 230 g/mol. The third-order valence-electron chi connectivity index (χ3n) is 2.88. The Hall–Kier alpha value is -1.68. The van der Waals surface area contributed by atoms with Crippen LogP contribution in [0.5, 0.6) is 0 Å². The van der Waals surface area contributed by atoms with E-state index in [0.29, 0.717) is 0 Å². The maximum atomic E-state index is 4.38. The van der Waals surface area contributed by atoms with Crippen molar-refractivity contribution in [1.29, 1.82) is 0 Å². The Bertz CT molecular complexity index is 475. The van der Waals surface area contributed by atoms with Crippen LogP contribution in [0.2, 0.25) is 0 Å². The molecular formula is C13H18N4. The quantitative estimate of drug-likeness (QED) is 0.868. The van der Waals surface area contributed by atoms with Crippen molar-refractivity contribution in [3.05, 3.63) is 47.5 Å². The normalized spacial score (nSPS) is 12.6. The molecule has 0 spiro atoms. The van der Waals surface area contributed by atoms with Gasteiger partial charge in [0.15, 0.2) is 0 Å². The third kappa shape index (κ3) is 2.71. The number of aryl methyl sites for hydroxylation is 2. The topological polar surface area (TPSA) is 42.7 Å². The lowest BCUT2D eigenvalue weighted by atomic mass is 10.1. The second-order valence-electron chi connectivity index (χ2n) is 4.20. The molecule has 90 valence electrons. The van der Waals surface area contributed by atoms with Crippen molar-refractivity contribution in [3.8, 4) is 0 Å². The fourth-order valence-electron chi connectivity index (χ4n) is 2.04. The Balaban J connectivity index is 2.20. The summed E-state index contributed by atoms with van der Waals surface area (Å²) in [5, 5.41) is 7.70. The molecule has 0 saturated carbocycles. The molecule has 0 amide bonds. The van der Waals surface area contributed by atoms with E-state index in [1.807, 2.05) is 50.1 Å². The summed E-state index contributed by atoms with van der Waals surface area (Å²) < 4.78 is 1.93. The van der Waals surface area contributed by atoms with E-state index in [0.717, 1.165) is 17.8 Å². The minimum atomic E-state index is 0.246. The fraction of sp³-hybridized carbons (Fsp3) is 0.385. The van der Waals surface area contributed by atoms with E-state index in [4.69, 9.17) is 0 Å². The molecular weight excluding hydrogens is 212 g/mol. The van der Waals surface area contributed by atoms with E-state index in [9.17, 15) is 0 Å². The van der Waals surface area contributed by atoms with Gasteiger partial charge in [-0.1, -0.05) is 6.07 Å². The molecule has 0 saturated heterocycles. The molecule has 1 unspecified atom stereocenters. The summed E-state index contributed by atoms with van der Waals surface area (Å²) in [4.78, 5) is 4.36. The minimum absolute atomic E-state index is 0.246. The number of likely N-dealkylation sites (N-methyl/N-ethyl adjacent to an activating group) is 1. The van der Waals surface area contributed by atoms with Crippen molar-refractivity contribution in [3.63, 3.8) is 0 Å². The first-order valence-electron chi connectivity index (χ1n) is 5.78. The Labute approximate surface area is 102 Å². The molecule has 0 aliphatic heterocycles. The van der Waals surface area contributed by atoms with Crippen LogP contribution >= 0.6 is 0 Å². The zero-order chi connectivity index (χ0) is 12.3. The number of nitrogens with one attached hydrogen (secondary N) is 1. The standard InChI is InChI=1S/C13H18N4/c1-10-8-13(17(3)16-10)12(14-2)9-11-6-4-5-7-15-11/h4-8,12,14H,9H2,1-3H3. The van der Waals surface area contributed by atoms with Crippen molar-refractivity contribution in [2.24, 2.45) is 7.05 Å². The minimum Gasteiger partial charge on any atom is -0.311 e. The zero-order valence-electron chi connectivity index (χ0n) is 10.5. The fourth-order valence-corrected chi connectivity index (χ4v) is 2.04. The van der Waals surface area contributed by atoms with Gasteiger partial charge in [-0.05, 0) is 32.2 Å². The molecule has 0 radical (unpaired) electrons. The summed E-state index contributed by atoms with van der Waals surface area (Å²) in [6.45, 7) is 2.01. The maximum Gasteiger partial charge on any atom is 0.0597 e. The van der Waals surface area contributed by atoms with Gasteiger partial charge in [-0.25, -0.2) is 0 Å². The van der Waals surface area contributed by atoms with Gasteiger partial charge in [-0.3, -0.25) is 9.67 Å². The van der Waals surface area contributed by atoms with E-state index in [2.05, 4.69) is 21.5 Å². The van der Waals surface area contributed by atoms with Crippen LogP contribution in [0.15, 0.2) is 30.5 Å². The Morgan fingerprint density at radius 2 is 2.24 bits per heavy atom. The van der Waals surface area contributed by atoms with E-state index < -0.39 is 0 Å². The first-order chi connectivity index (χ1) is 8.20. The van der Waals surface area contributed by atoms with Gasteiger partial charge in [-0.15, -0.1) is 0 Å². The first kappa shape index (κ1) is 11.8. The Morgan fingerprint density at radius 1 is 1.41 bits per heavy atom. The average molecular weight is 230 g/mol. The molecule has 0 aliphatic rings. The summed E-state index contributed by atoms with van der Waals surface area (Å²) in [7, 11) is 3.95. The third-order valence-corrected chi connectivity index (χ3v) is 2.88. The SMILES string of the molecule is CNC(Cc1ccccn1)c1cc(C)nn1C. The predicted octanol–water partition coefficient (Wildman–Crippen LogP) is 1.63. The molecule has 1 atom stereocenters. The molecule has 4 nitrogen and oxygen atoms in total. The number of nitrogens with zero attached hydrogens (tertiary/aromatic N) is 3. The lowest BCUT2D eigenvalue weighted by Gasteiger charge is -2.15. The molecule has 1 N–H and O–H groups in total. The van der Waals surface area contributed by atoms with Gasteiger partial charge in [0.25, 0.3) is 0 Å². The summed E-state index contributed by atoms with van der Waals surface area (Å²) >= 11 is 0. The van der Waals surface area contributed by atoms with Crippen LogP contribution in [-0.2, 0) is 13.5 Å². The molecule has 0 bridgehead atoms. The highest BCUT2D eigenvalue weighted by Crippen LogP contribution is 2.17. The lowest BCUT2D eigenvalue weighted by molar-refractivity contribution is 0.532. The van der Waals surface area contributed by atoms with Crippen molar-refractivity contribution in [2.75, 3.05) is 7.05 Å². The smallest absolute Gasteiger partial charge is 0.0597 e. The average Bonchev–Trinajstić information content (AvgIpc) is 2.67. The van der Waals surface area contributed by atoms with Gasteiger partial charge >= 0.3 is 0 Å². The molecule has 2 aromatic heterocycles. The lowest BCUT2D eigenvalue weighted by Crippen LogP contribution is -2.22. The van der Waals surface area contributed by atoms with Crippen LogP contribution in [-0.4, -0.2) is 21.8 Å². The van der Waals surface area contributed by atoms with Crippen molar-refractivity contribution in [2.45, 2.75) is 19.4 Å². The summed E-state index contributed by atoms with van der Waals surface area (Å²) in [5.41, 5.74) is 3.32. The summed E-state index contributed by atoms with van der Waals surface area (Å²) in [6, 6.07) is 8.36. The predicted molar refractivity (Wildman–Crippen MR) is 67.7 cm³/mol. The Kier molecular flexibility index (Phi) is 3.54. The van der Waals surface area contributed by atoms with E-state index >= 15 is 0 Å². The number of pyridine rings is 1. The molecule has 0 fully saturated rings. The molecule has 0 aliphatic carbocycles. The Morgan fingerprint density at radius 3 is 2.76 bits per heavy atom. The highest BCUT2D eigenvalue weighted by molar-refractivity contribution is 5.16. The van der Waals surface area contributed by atoms with Gasteiger partial charge in [-0.2, -0.15) is 5.10 Å². The van der Waals surface area contributed by atoms with Crippen LogP contribution in [0.25, 0.3) is 0 Å². The van der Waals surface area contributed by atoms with Gasteiger partial charge in [0.2, 0.25) is 0 Å². The van der Waals surface area contributed by atoms with Crippen molar-refractivity contribution >= 4 is 0 Å². The van der Waals surface area contributed by atoms with Gasteiger partial charge in [0.05, 0.1) is 17.4 Å². The number of hydrogen-bond acceptors (Lipinski definition) is 3. The number of aromatic nitrogens is 3. The van der Waals surface area contributed by atoms with Crippen LogP contribution in [0.1, 0.15) is 23.1 Å². The highest BCUT2D eigenvalue weighted by atomic mass is 15.3. The van der Waals surface area contributed by atoms with Crippen LogP contribution in [0.4, 0.5) is 0 Å². The van der Waals surface area contributed by atoms with Gasteiger partial charge in [0.1, 0.15) is 0 Å². The summed E-state index contributed by atoms with van der Waals surface area (Å²) in [5.74, 6) is 0. The zero-order valence-corrected chi connectivity index (χ0v) is 10.5. The molecule has 2 rings (SSSR count). The van der Waals surface area contributed by atoms with Crippen LogP contribution in [0.3, 0.4) is 0 Å². The second kappa shape index (κ2) is 5.10. The maximum absolute atomic E-state index is 4.38. The number of rotatable bonds is 4. The molecule has 0 aromatic carbocycles. The highest BCUT2D eigenvalue weighted by Gasteiger charge is 2.15. The largest absolute Gasteiger partial charge is 0.311 e. The van der Waals surface area contributed by atoms with Crippen LogP contribution in [0, 0.1) is 6.92 Å². The van der Waals surface area contributed by atoms with Crippen molar-refractivity contribution in [1.82, 2.24) is 20.1 Å². The van der Waals surface area contributed by atoms with Gasteiger partial charge < -0.3 is 5.32 Å². The van der Waals surface area contributed by atoms with Crippen molar-refractivity contribution < 1.29 is 0 Å². The van der Waals surface area contributed by atoms with Gasteiger partial charge in [0, 0.05) is 25.4 Å². The molecule has 2 aromatic rings. The molecule has 2 heterocycles. The molecule has 17 heavy (non-hydrogen) atoms. The van der Waals surface area contributed by atoms with Crippen LogP contribution < -0.4 is 5.32 Å². The molecule has 4 heteroatoms. The number of hydrogen-bond donors (Lipinski definition) is 1. The summed E-state index contributed by atoms with van der Waals surface area (Å²) in [6.07, 6.45) is 2.70. The first-order valence-corrected chi connectivity index (χ1v) is 5.78. The second-order valence-corrected chi connectivity index (χ2v) is 4.20. The van der Waals surface area contributed by atoms with E-state index in [1.165, 1.54) is 5.69 Å².